The molecule has 2 aromatic heterocycles. The molecule has 0 aliphatic heterocycles. The van der Waals surface area contributed by atoms with Crippen LogP contribution in [0.2, 0.25) is 0 Å². The molecule has 4 aromatic rings. The normalized spacial score (nSPS) is 11.0. The van der Waals surface area contributed by atoms with Gasteiger partial charge in [0.25, 0.3) is 5.56 Å². The molecule has 4 rings (SSSR count). The van der Waals surface area contributed by atoms with Crippen LogP contribution in [-0.4, -0.2) is 30.8 Å². The van der Waals surface area contributed by atoms with Gasteiger partial charge in [-0.1, -0.05) is 11.8 Å². The van der Waals surface area contributed by atoms with Gasteiger partial charge in [-0.25, -0.2) is 23.5 Å². The van der Waals surface area contributed by atoms with Crippen LogP contribution in [0.1, 0.15) is 0 Å². The van der Waals surface area contributed by atoms with E-state index >= 15 is 0 Å². The molecule has 0 radical (unpaired) electrons. The Morgan fingerprint density at radius 1 is 0.939 bits per heavy atom. The number of hydrogen-bond donors (Lipinski definition) is 1. The average molecular weight is 469 g/mol. The highest BCUT2D eigenvalue weighted by atomic mass is 32.2. The number of fused-ring (bicyclic) bond motifs is 1. The maximum absolute atomic E-state index is 13.4. The molecule has 2 heterocycles. The number of hydrogen-bond acceptors (Lipinski definition) is 6. The zero-order chi connectivity index (χ0) is 23.7. The fourth-order valence-corrected chi connectivity index (χ4v) is 3.94. The summed E-state index contributed by atoms with van der Waals surface area (Å²) < 4.78 is 28.6. The number of aryl methyl sites for hydroxylation is 1. The zero-order valence-corrected chi connectivity index (χ0v) is 18.3. The second-order valence-corrected chi connectivity index (χ2v) is 8.07. The quantitative estimate of drug-likeness (QED) is 0.357. The van der Waals surface area contributed by atoms with Crippen molar-refractivity contribution in [3.05, 3.63) is 81.0 Å². The topological polar surface area (TPSA) is 98.9 Å². The van der Waals surface area contributed by atoms with E-state index in [0.29, 0.717) is 11.3 Å². The van der Waals surface area contributed by atoms with E-state index in [1.807, 2.05) is 0 Å². The number of rotatable bonds is 5. The molecule has 0 saturated heterocycles. The molecule has 0 bridgehead atoms. The summed E-state index contributed by atoms with van der Waals surface area (Å²) in [5, 5.41) is 2.92. The highest BCUT2D eigenvalue weighted by molar-refractivity contribution is 8.00. The van der Waals surface area contributed by atoms with Crippen molar-refractivity contribution < 1.29 is 13.6 Å². The molecule has 0 atom stereocenters. The van der Waals surface area contributed by atoms with E-state index in [-0.39, 0.29) is 27.6 Å². The smallest absolute Gasteiger partial charge is 0.325 e. The summed E-state index contributed by atoms with van der Waals surface area (Å²) in [6.45, 7) is 0. The molecule has 0 unspecified atom stereocenters. The van der Waals surface area contributed by atoms with E-state index in [0.717, 1.165) is 16.3 Å². The minimum atomic E-state index is -0.597. The van der Waals surface area contributed by atoms with Crippen molar-refractivity contribution >= 4 is 34.4 Å². The van der Waals surface area contributed by atoms with Crippen molar-refractivity contribution in [1.29, 1.82) is 0 Å². The third-order valence-corrected chi connectivity index (χ3v) is 5.81. The molecule has 0 spiro atoms. The minimum Gasteiger partial charge on any atom is -0.325 e. The SMILES string of the molecule is Cn1c(=O)c2c(SCC(=O)Nc3ccc(F)cc3)nc(-c3ccc(F)cc3)nc2n(C)c1=O. The molecule has 1 N–H and O–H groups in total. The van der Waals surface area contributed by atoms with Crippen LogP contribution in [0.4, 0.5) is 14.5 Å². The van der Waals surface area contributed by atoms with Crippen LogP contribution in [0.25, 0.3) is 22.4 Å². The van der Waals surface area contributed by atoms with Crippen LogP contribution in [-0.2, 0) is 18.9 Å². The molecule has 1 amide bonds. The van der Waals surface area contributed by atoms with Crippen molar-refractivity contribution in [2.75, 3.05) is 11.1 Å². The van der Waals surface area contributed by atoms with Crippen LogP contribution in [0.3, 0.4) is 0 Å². The number of halogens is 2. The van der Waals surface area contributed by atoms with Gasteiger partial charge < -0.3 is 5.32 Å². The predicted octanol–water partition coefficient (Wildman–Crippen LogP) is 2.70. The van der Waals surface area contributed by atoms with Gasteiger partial charge in [0.15, 0.2) is 11.5 Å². The third kappa shape index (κ3) is 4.53. The lowest BCUT2D eigenvalue weighted by molar-refractivity contribution is -0.113. The fraction of sp³-hybridized carbons (Fsp3) is 0.136. The van der Waals surface area contributed by atoms with E-state index in [1.165, 1.54) is 67.2 Å². The summed E-state index contributed by atoms with van der Waals surface area (Å²) >= 11 is 0.990. The highest BCUT2D eigenvalue weighted by Crippen LogP contribution is 2.26. The van der Waals surface area contributed by atoms with Gasteiger partial charge in [-0.3, -0.25) is 18.7 Å². The first kappa shape index (κ1) is 22.3. The lowest BCUT2D eigenvalue weighted by Crippen LogP contribution is -2.37. The standard InChI is InChI=1S/C22H17F2N5O3S/c1-28-19-17(21(31)29(2)22(28)32)20(27-18(26-19)12-3-5-13(23)6-4-12)33-11-16(30)25-15-9-7-14(24)8-10-15/h3-10H,11H2,1-2H3,(H,25,30). The van der Waals surface area contributed by atoms with E-state index < -0.39 is 28.8 Å². The van der Waals surface area contributed by atoms with Gasteiger partial charge in [0.1, 0.15) is 22.0 Å². The lowest BCUT2D eigenvalue weighted by atomic mass is 10.2. The van der Waals surface area contributed by atoms with Crippen LogP contribution < -0.4 is 16.6 Å². The summed E-state index contributed by atoms with van der Waals surface area (Å²) in [5.41, 5.74) is -0.177. The van der Waals surface area contributed by atoms with Crippen molar-refractivity contribution in [2.24, 2.45) is 14.1 Å². The molecule has 0 aliphatic rings. The van der Waals surface area contributed by atoms with Crippen molar-refractivity contribution in [3.63, 3.8) is 0 Å². The number of amides is 1. The first-order valence-corrected chi connectivity index (χ1v) is 10.6. The Bertz CT molecular complexity index is 1480. The Labute approximate surface area is 189 Å². The van der Waals surface area contributed by atoms with E-state index in [4.69, 9.17) is 0 Å². The molecular weight excluding hydrogens is 452 g/mol. The molecule has 2 aromatic carbocycles. The highest BCUT2D eigenvalue weighted by Gasteiger charge is 2.19. The number of carbonyl (C=O) groups is 1. The van der Waals surface area contributed by atoms with Gasteiger partial charge in [-0.05, 0) is 48.5 Å². The van der Waals surface area contributed by atoms with Gasteiger partial charge in [0.2, 0.25) is 5.91 Å². The van der Waals surface area contributed by atoms with Gasteiger partial charge >= 0.3 is 5.69 Å². The van der Waals surface area contributed by atoms with Crippen LogP contribution in [0.15, 0.2) is 63.1 Å². The zero-order valence-electron chi connectivity index (χ0n) is 17.5. The molecule has 0 saturated carbocycles. The fourth-order valence-electron chi connectivity index (χ4n) is 3.13. The van der Waals surface area contributed by atoms with Crippen LogP contribution in [0, 0.1) is 11.6 Å². The van der Waals surface area contributed by atoms with E-state index in [1.54, 1.807) is 0 Å². The van der Waals surface area contributed by atoms with Crippen LogP contribution in [0.5, 0.6) is 0 Å². The first-order chi connectivity index (χ1) is 15.7. The summed E-state index contributed by atoms with van der Waals surface area (Å²) in [4.78, 5) is 46.5. The number of nitrogens with one attached hydrogen (secondary N) is 1. The second-order valence-electron chi connectivity index (χ2n) is 7.11. The summed E-state index contributed by atoms with van der Waals surface area (Å²) in [7, 11) is 2.81. The van der Waals surface area contributed by atoms with Crippen molar-refractivity contribution in [2.45, 2.75) is 5.03 Å². The minimum absolute atomic E-state index is 0.0880. The summed E-state index contributed by atoms with van der Waals surface area (Å²) in [5.74, 6) is -1.20. The Balaban J connectivity index is 1.75. The first-order valence-electron chi connectivity index (χ1n) is 9.66. The Morgan fingerprint density at radius 2 is 1.55 bits per heavy atom. The van der Waals surface area contributed by atoms with Crippen LogP contribution >= 0.6 is 11.8 Å². The third-order valence-electron chi connectivity index (χ3n) is 4.84. The number of benzene rings is 2. The Kier molecular flexibility index (Phi) is 6.05. The van der Waals surface area contributed by atoms with Crippen molar-refractivity contribution in [3.8, 4) is 11.4 Å². The van der Waals surface area contributed by atoms with Gasteiger partial charge in [-0.2, -0.15) is 0 Å². The van der Waals surface area contributed by atoms with Crippen molar-refractivity contribution in [1.82, 2.24) is 19.1 Å². The maximum atomic E-state index is 13.4. The molecule has 0 fully saturated rings. The molecule has 8 nitrogen and oxygen atoms in total. The molecule has 168 valence electrons. The number of nitrogens with zero attached hydrogens (tertiary/aromatic N) is 4. The van der Waals surface area contributed by atoms with E-state index in [2.05, 4.69) is 15.3 Å². The average Bonchev–Trinajstić information content (AvgIpc) is 2.81. The second kappa shape index (κ2) is 8.94. The molecular formula is C22H17F2N5O3S. The number of anilines is 1. The largest absolute Gasteiger partial charge is 0.332 e. The number of carbonyl (C=O) groups excluding carboxylic acids is 1. The van der Waals surface area contributed by atoms with Gasteiger partial charge in [0.05, 0.1) is 5.75 Å². The molecule has 11 heteroatoms. The maximum Gasteiger partial charge on any atom is 0.332 e. The number of thioether (sulfide) groups is 1. The molecule has 33 heavy (non-hydrogen) atoms. The molecule has 0 aliphatic carbocycles. The Morgan fingerprint density at radius 3 is 2.18 bits per heavy atom. The predicted molar refractivity (Wildman–Crippen MR) is 121 cm³/mol. The lowest BCUT2D eigenvalue weighted by Gasteiger charge is -2.12. The van der Waals surface area contributed by atoms with E-state index in [9.17, 15) is 23.2 Å². The van der Waals surface area contributed by atoms with Gasteiger partial charge in [-0.15, -0.1) is 0 Å². The summed E-state index contributed by atoms with van der Waals surface area (Å²) in [6, 6.07) is 10.7. The Hall–Kier alpha value is -3.86. The number of aromatic nitrogens is 4. The monoisotopic (exact) mass is 469 g/mol. The summed E-state index contributed by atoms with van der Waals surface area (Å²) in [6.07, 6.45) is 0. The van der Waals surface area contributed by atoms with Gasteiger partial charge in [0, 0.05) is 25.3 Å².